The number of halogens is 3. The minimum Gasteiger partial charge on any atom is -0.508 e. The Labute approximate surface area is 245 Å². The molecule has 1 heterocycles. The number of piperidine rings is 1. The van der Waals surface area contributed by atoms with Crippen LogP contribution in [0.3, 0.4) is 0 Å². The Bertz CT molecular complexity index is 1460. The number of Topliss-reactive ketones (excluding diaryl/α,β-unsaturated/α-hetero) is 3. The largest absolute Gasteiger partial charge is 0.508 e. The molecule has 0 amide bonds. The zero-order valence-electron chi connectivity index (χ0n) is 24.1. The molecule has 1 aromatic carbocycles. The smallest absolute Gasteiger partial charge is 0.391 e. The summed E-state index contributed by atoms with van der Waals surface area (Å²) in [5.74, 6) is -10.2. The quantitative estimate of drug-likeness (QED) is 0.322. The van der Waals surface area contributed by atoms with Gasteiger partial charge in [0.05, 0.1) is 29.5 Å². The first-order valence-electron chi connectivity index (χ1n) is 14.1. The minimum atomic E-state index is -4.28. The number of phenols is 1. The summed E-state index contributed by atoms with van der Waals surface area (Å²) in [5.41, 5.74) is -3.65. The van der Waals surface area contributed by atoms with Gasteiger partial charge in [-0.2, -0.15) is 13.2 Å². The highest BCUT2D eigenvalue weighted by Gasteiger charge is 2.68. The lowest BCUT2D eigenvalue weighted by molar-refractivity contribution is -0.185. The number of carbonyl (C=O) groups is 3. The number of fused-ring (bicyclic) bond motifs is 3. The van der Waals surface area contributed by atoms with E-state index in [-0.39, 0.29) is 38.0 Å². The maximum atomic E-state index is 14.1. The fourth-order valence-electron chi connectivity index (χ4n) is 7.55. The van der Waals surface area contributed by atoms with E-state index in [1.54, 1.807) is 24.0 Å². The standard InChI is InChI=1S/C30H35F3N2O8/c1-12-16-6-5-14(11-35-9-7-15(8-10-35)30(31,32)33)23(37)19(16)24(38)20-17(12)25(39)21-22(34(3)4)26(40)18(13(2)36)27(41)29(21,43)28(20)42/h5-6,12,15,17,21-22,25,37-39,41,43H,7-11H2,1-4H3/t12-,17?,21?,22-,25-,29+/m0/s1. The summed E-state index contributed by atoms with van der Waals surface area (Å²) < 4.78 is 39.3. The van der Waals surface area contributed by atoms with Crippen molar-refractivity contribution in [1.82, 2.24) is 9.80 Å². The predicted octanol–water partition coefficient (Wildman–Crippen LogP) is 2.37. The SMILES string of the molecule is CC(=O)C1=C(O)[C@@]2(O)C(=O)C3=C(O)c4c(ccc(CN5CCC(C(F)(F)F)CC5)c4O)[C@H](C)C3[C@H](O)C2[C@H](N(C)C)C1=O. The van der Waals surface area contributed by atoms with Crippen LogP contribution < -0.4 is 0 Å². The summed E-state index contributed by atoms with van der Waals surface area (Å²) in [6.07, 6.45) is -6.12. The maximum absolute atomic E-state index is 14.1. The first-order valence-corrected chi connectivity index (χ1v) is 14.1. The van der Waals surface area contributed by atoms with E-state index >= 15 is 0 Å². The summed E-state index contributed by atoms with van der Waals surface area (Å²) >= 11 is 0. The average Bonchev–Trinajstić information content (AvgIpc) is 2.91. The van der Waals surface area contributed by atoms with Crippen LogP contribution in [-0.4, -0.2) is 104 Å². The number of hydrogen-bond acceptors (Lipinski definition) is 10. The van der Waals surface area contributed by atoms with Crippen LogP contribution in [0.5, 0.6) is 5.75 Å². The lowest BCUT2D eigenvalue weighted by Crippen LogP contribution is -2.70. The van der Waals surface area contributed by atoms with E-state index in [1.165, 1.54) is 19.0 Å². The second-order valence-electron chi connectivity index (χ2n) is 12.4. The summed E-state index contributed by atoms with van der Waals surface area (Å²) in [5, 5.41) is 57.3. The van der Waals surface area contributed by atoms with Crippen LogP contribution in [0.4, 0.5) is 13.2 Å². The number of phenolic OH excluding ortho intramolecular Hbond substituents is 1. The Hall–Kier alpha value is -3.26. The van der Waals surface area contributed by atoms with Gasteiger partial charge in [-0.05, 0) is 58.4 Å². The van der Waals surface area contributed by atoms with Crippen molar-refractivity contribution in [2.45, 2.75) is 63.1 Å². The van der Waals surface area contributed by atoms with Gasteiger partial charge in [-0.3, -0.25) is 24.2 Å². The summed E-state index contributed by atoms with van der Waals surface area (Å²) in [4.78, 5) is 42.9. The Morgan fingerprint density at radius 1 is 1.12 bits per heavy atom. The van der Waals surface area contributed by atoms with Crippen molar-refractivity contribution in [1.29, 1.82) is 0 Å². The molecule has 5 N–H and O–H groups in total. The molecule has 43 heavy (non-hydrogen) atoms. The highest BCUT2D eigenvalue weighted by atomic mass is 19.4. The van der Waals surface area contributed by atoms with E-state index in [4.69, 9.17) is 0 Å². The number of nitrogens with zero attached hydrogens (tertiary/aromatic N) is 2. The number of hydrogen-bond donors (Lipinski definition) is 5. The molecule has 10 nitrogen and oxygen atoms in total. The number of rotatable bonds is 4. The molecule has 0 spiro atoms. The van der Waals surface area contributed by atoms with E-state index < -0.39 is 93.4 Å². The molecule has 3 aliphatic carbocycles. The maximum Gasteiger partial charge on any atom is 0.391 e. The summed E-state index contributed by atoms with van der Waals surface area (Å²) in [6.45, 7) is 2.99. The van der Waals surface area contributed by atoms with Crippen LogP contribution >= 0.6 is 0 Å². The predicted molar refractivity (Wildman–Crippen MR) is 146 cm³/mol. The normalized spacial score (nSPS) is 32.2. The zero-order valence-corrected chi connectivity index (χ0v) is 24.1. The Morgan fingerprint density at radius 3 is 2.26 bits per heavy atom. The van der Waals surface area contributed by atoms with Gasteiger partial charge < -0.3 is 25.5 Å². The minimum absolute atomic E-state index is 0.0742. The fraction of sp³-hybridized carbons (Fsp3) is 0.567. The third-order valence-corrected chi connectivity index (χ3v) is 9.76. The molecule has 6 atom stereocenters. The van der Waals surface area contributed by atoms with E-state index in [0.29, 0.717) is 11.1 Å². The molecule has 1 aliphatic heterocycles. The molecule has 234 valence electrons. The van der Waals surface area contributed by atoms with Crippen molar-refractivity contribution in [2.24, 2.45) is 17.8 Å². The molecule has 1 saturated carbocycles. The van der Waals surface area contributed by atoms with Crippen molar-refractivity contribution >= 4 is 23.1 Å². The average molecular weight is 609 g/mol. The van der Waals surface area contributed by atoms with Crippen LogP contribution in [0.1, 0.15) is 49.3 Å². The third-order valence-electron chi connectivity index (χ3n) is 9.76. The molecular formula is C30H35F3N2O8. The molecule has 1 saturated heterocycles. The van der Waals surface area contributed by atoms with Gasteiger partial charge in [-0.25, -0.2) is 0 Å². The number of aliphatic hydroxyl groups excluding tert-OH is 3. The number of benzene rings is 1. The van der Waals surface area contributed by atoms with Crippen LogP contribution in [0.15, 0.2) is 29.0 Å². The summed E-state index contributed by atoms with van der Waals surface area (Å²) in [6, 6.07) is 1.81. The fourth-order valence-corrected chi connectivity index (χ4v) is 7.55. The van der Waals surface area contributed by atoms with Gasteiger partial charge in [0.15, 0.2) is 17.2 Å². The molecule has 0 aromatic heterocycles. The lowest BCUT2D eigenvalue weighted by atomic mass is 9.54. The van der Waals surface area contributed by atoms with Gasteiger partial charge in [0, 0.05) is 23.6 Å². The number of likely N-dealkylation sites (tertiary alicyclic amines) is 1. The molecule has 2 fully saturated rings. The number of ketones is 3. The second-order valence-corrected chi connectivity index (χ2v) is 12.4. The zero-order chi connectivity index (χ0) is 31.9. The van der Waals surface area contributed by atoms with Gasteiger partial charge in [0.25, 0.3) is 0 Å². The van der Waals surface area contributed by atoms with Crippen LogP contribution in [0, 0.1) is 17.8 Å². The Morgan fingerprint density at radius 2 is 1.72 bits per heavy atom. The molecule has 2 unspecified atom stereocenters. The van der Waals surface area contributed by atoms with Gasteiger partial charge in [-0.15, -0.1) is 0 Å². The first kappa shape index (κ1) is 31.2. The topological polar surface area (TPSA) is 159 Å². The first-order chi connectivity index (χ1) is 19.9. The molecule has 1 aromatic rings. The van der Waals surface area contributed by atoms with Crippen molar-refractivity contribution < 1.29 is 53.1 Å². The number of likely N-dealkylation sites (N-methyl/N-ethyl adjacent to an activating group) is 1. The lowest BCUT2D eigenvalue weighted by Gasteiger charge is -2.53. The van der Waals surface area contributed by atoms with Gasteiger partial charge in [-0.1, -0.05) is 19.1 Å². The third kappa shape index (κ3) is 4.50. The highest BCUT2D eigenvalue weighted by molar-refractivity contribution is 6.25. The molecule has 5 rings (SSSR count). The van der Waals surface area contributed by atoms with Crippen molar-refractivity contribution in [3.63, 3.8) is 0 Å². The molecular weight excluding hydrogens is 573 g/mol. The second kappa shape index (κ2) is 10.4. The monoisotopic (exact) mass is 608 g/mol. The molecule has 13 heteroatoms. The molecule has 0 bridgehead atoms. The number of carbonyl (C=O) groups excluding carboxylic acids is 3. The molecule has 0 radical (unpaired) electrons. The van der Waals surface area contributed by atoms with E-state index in [9.17, 15) is 53.1 Å². The molecule has 4 aliphatic rings. The Balaban J connectivity index is 1.59. The number of aliphatic hydroxyl groups is 4. The van der Waals surface area contributed by atoms with Crippen molar-refractivity contribution in [2.75, 3.05) is 27.2 Å². The number of alkyl halides is 3. The summed E-state index contributed by atoms with van der Waals surface area (Å²) in [7, 11) is 2.93. The van der Waals surface area contributed by atoms with Crippen LogP contribution in [0.25, 0.3) is 5.76 Å². The number of aromatic hydroxyl groups is 1. The van der Waals surface area contributed by atoms with E-state index in [0.717, 1.165) is 6.92 Å². The van der Waals surface area contributed by atoms with Gasteiger partial charge in [0.2, 0.25) is 5.78 Å². The van der Waals surface area contributed by atoms with Crippen LogP contribution in [-0.2, 0) is 20.9 Å². The van der Waals surface area contributed by atoms with Crippen LogP contribution in [0.2, 0.25) is 0 Å². The van der Waals surface area contributed by atoms with Crippen molar-refractivity contribution in [3.8, 4) is 5.75 Å². The van der Waals surface area contributed by atoms with Gasteiger partial charge >= 0.3 is 6.18 Å². The highest BCUT2D eigenvalue weighted by Crippen LogP contribution is 2.56. The van der Waals surface area contributed by atoms with E-state index in [2.05, 4.69) is 0 Å². The van der Waals surface area contributed by atoms with Crippen molar-refractivity contribution in [3.05, 3.63) is 45.7 Å². The van der Waals surface area contributed by atoms with E-state index in [1.807, 2.05) is 0 Å². The van der Waals surface area contributed by atoms with Gasteiger partial charge in [0.1, 0.15) is 22.8 Å². The Kier molecular flexibility index (Phi) is 7.56.